The van der Waals surface area contributed by atoms with Crippen molar-refractivity contribution in [2.45, 2.75) is 31.1 Å². The summed E-state index contributed by atoms with van der Waals surface area (Å²) in [7, 11) is 3.95. The van der Waals surface area contributed by atoms with E-state index in [1.54, 1.807) is 4.90 Å². The SMILES string of the molecule is CN(C)CC1CC(O)CN1C(=O)COC1(C)CNC1. The lowest BCUT2D eigenvalue weighted by atomic mass is 10.0. The van der Waals surface area contributed by atoms with E-state index in [0.717, 1.165) is 19.6 Å². The molecule has 0 aromatic rings. The fourth-order valence-electron chi connectivity index (χ4n) is 2.69. The molecule has 2 heterocycles. The van der Waals surface area contributed by atoms with Gasteiger partial charge in [-0.3, -0.25) is 4.79 Å². The van der Waals surface area contributed by atoms with Gasteiger partial charge in [-0.15, -0.1) is 0 Å². The maximum absolute atomic E-state index is 12.2. The number of β-amino-alcohol motifs (C(OH)–C–C–N with tert-alkyl or cyclic N) is 1. The van der Waals surface area contributed by atoms with Gasteiger partial charge in [0.05, 0.1) is 11.7 Å². The van der Waals surface area contributed by atoms with Gasteiger partial charge in [0.1, 0.15) is 6.61 Å². The molecular formula is C13H25N3O3. The van der Waals surface area contributed by atoms with E-state index in [-0.39, 0.29) is 24.2 Å². The molecule has 2 aliphatic rings. The van der Waals surface area contributed by atoms with Crippen LogP contribution in [0.5, 0.6) is 0 Å². The molecule has 2 rings (SSSR count). The van der Waals surface area contributed by atoms with E-state index in [2.05, 4.69) is 5.32 Å². The third-order valence-electron chi connectivity index (χ3n) is 3.83. The van der Waals surface area contributed by atoms with Crippen LogP contribution in [0.3, 0.4) is 0 Å². The maximum atomic E-state index is 12.2. The Labute approximate surface area is 114 Å². The third-order valence-corrected chi connectivity index (χ3v) is 3.83. The van der Waals surface area contributed by atoms with E-state index in [1.165, 1.54) is 0 Å². The number of aliphatic hydroxyl groups is 1. The van der Waals surface area contributed by atoms with Gasteiger partial charge in [0.2, 0.25) is 5.91 Å². The quantitative estimate of drug-likeness (QED) is 0.664. The number of hydrogen-bond donors (Lipinski definition) is 2. The van der Waals surface area contributed by atoms with Crippen LogP contribution in [0.25, 0.3) is 0 Å². The lowest BCUT2D eigenvalue weighted by molar-refractivity contribution is -0.147. The topological polar surface area (TPSA) is 65.0 Å². The van der Waals surface area contributed by atoms with Gasteiger partial charge in [0.15, 0.2) is 0 Å². The van der Waals surface area contributed by atoms with Gasteiger partial charge < -0.3 is 25.0 Å². The van der Waals surface area contributed by atoms with Gasteiger partial charge in [-0.25, -0.2) is 0 Å². The van der Waals surface area contributed by atoms with Crippen LogP contribution in [-0.4, -0.2) is 85.4 Å². The van der Waals surface area contributed by atoms with Gasteiger partial charge in [-0.2, -0.15) is 0 Å². The van der Waals surface area contributed by atoms with Crippen molar-refractivity contribution < 1.29 is 14.6 Å². The number of rotatable bonds is 5. The van der Waals surface area contributed by atoms with E-state index < -0.39 is 6.10 Å². The first-order valence-corrected chi connectivity index (χ1v) is 6.86. The molecule has 0 bridgehead atoms. The Morgan fingerprint density at radius 3 is 2.74 bits per heavy atom. The molecule has 2 aliphatic heterocycles. The second-order valence-electron chi connectivity index (χ2n) is 6.19. The number of hydrogen-bond acceptors (Lipinski definition) is 5. The largest absolute Gasteiger partial charge is 0.391 e. The number of aliphatic hydroxyl groups excluding tert-OH is 1. The van der Waals surface area contributed by atoms with Crippen LogP contribution in [-0.2, 0) is 9.53 Å². The molecule has 0 aromatic carbocycles. The number of carbonyl (C=O) groups excluding carboxylic acids is 1. The van der Waals surface area contributed by atoms with Crippen LogP contribution in [0.4, 0.5) is 0 Å². The molecule has 110 valence electrons. The highest BCUT2D eigenvalue weighted by Gasteiger charge is 2.37. The van der Waals surface area contributed by atoms with Crippen molar-refractivity contribution in [3.8, 4) is 0 Å². The first kappa shape index (κ1) is 14.7. The Bertz CT molecular complexity index is 331. The lowest BCUT2D eigenvalue weighted by Crippen LogP contribution is -2.60. The van der Waals surface area contributed by atoms with Crippen LogP contribution < -0.4 is 5.32 Å². The van der Waals surface area contributed by atoms with Crippen molar-refractivity contribution in [1.82, 2.24) is 15.1 Å². The standard InChI is InChI=1S/C13H25N3O3/c1-13(8-14-9-13)19-7-12(18)16-6-11(17)4-10(16)5-15(2)3/h10-11,14,17H,4-9H2,1-3H3. The Balaban J connectivity index is 1.85. The smallest absolute Gasteiger partial charge is 0.248 e. The lowest BCUT2D eigenvalue weighted by Gasteiger charge is -2.39. The molecule has 1 amide bonds. The second-order valence-corrected chi connectivity index (χ2v) is 6.19. The van der Waals surface area contributed by atoms with Crippen LogP contribution in [0.1, 0.15) is 13.3 Å². The molecule has 2 fully saturated rings. The zero-order valence-corrected chi connectivity index (χ0v) is 12.1. The molecule has 0 aromatic heterocycles. The molecule has 0 spiro atoms. The number of nitrogens with one attached hydrogen (secondary N) is 1. The molecule has 0 saturated carbocycles. The van der Waals surface area contributed by atoms with Crippen molar-refractivity contribution in [2.24, 2.45) is 0 Å². The summed E-state index contributed by atoms with van der Waals surface area (Å²) in [6, 6.07) is 0.0911. The van der Waals surface area contributed by atoms with Crippen LogP contribution >= 0.6 is 0 Å². The molecule has 2 unspecified atom stereocenters. The average Bonchev–Trinajstić information content (AvgIpc) is 2.63. The Kier molecular flexibility index (Phi) is 4.45. The van der Waals surface area contributed by atoms with Crippen molar-refractivity contribution in [3.05, 3.63) is 0 Å². The van der Waals surface area contributed by atoms with Crippen LogP contribution in [0.2, 0.25) is 0 Å². The second kappa shape index (κ2) is 5.75. The van der Waals surface area contributed by atoms with E-state index in [9.17, 15) is 9.90 Å². The van der Waals surface area contributed by atoms with Gasteiger partial charge >= 0.3 is 0 Å². The molecule has 0 aliphatic carbocycles. The summed E-state index contributed by atoms with van der Waals surface area (Å²) in [5.74, 6) is -0.0171. The minimum Gasteiger partial charge on any atom is -0.391 e. The number of carbonyl (C=O) groups is 1. The fourth-order valence-corrected chi connectivity index (χ4v) is 2.69. The summed E-state index contributed by atoms with van der Waals surface area (Å²) >= 11 is 0. The Morgan fingerprint density at radius 2 is 2.21 bits per heavy atom. The molecule has 19 heavy (non-hydrogen) atoms. The molecule has 2 saturated heterocycles. The Morgan fingerprint density at radius 1 is 1.53 bits per heavy atom. The number of ether oxygens (including phenoxy) is 1. The highest BCUT2D eigenvalue weighted by Crippen LogP contribution is 2.20. The molecule has 6 heteroatoms. The molecule has 0 radical (unpaired) electrons. The molecule has 2 N–H and O–H groups in total. The third kappa shape index (κ3) is 3.66. The van der Waals surface area contributed by atoms with Gasteiger partial charge in [0.25, 0.3) is 0 Å². The summed E-state index contributed by atoms with van der Waals surface area (Å²) in [5.41, 5.74) is -0.203. The minimum atomic E-state index is -0.408. The zero-order valence-electron chi connectivity index (χ0n) is 12.1. The van der Waals surface area contributed by atoms with Crippen molar-refractivity contribution in [2.75, 3.05) is 46.9 Å². The van der Waals surface area contributed by atoms with E-state index >= 15 is 0 Å². The van der Waals surface area contributed by atoms with Gasteiger partial charge in [-0.05, 0) is 27.4 Å². The van der Waals surface area contributed by atoms with Crippen LogP contribution in [0.15, 0.2) is 0 Å². The predicted molar refractivity (Wildman–Crippen MR) is 71.9 cm³/mol. The summed E-state index contributed by atoms with van der Waals surface area (Å²) < 4.78 is 5.68. The number of nitrogens with zero attached hydrogens (tertiary/aromatic N) is 2. The molecule has 6 nitrogen and oxygen atoms in total. The molecular weight excluding hydrogens is 246 g/mol. The summed E-state index contributed by atoms with van der Waals surface area (Å²) in [6.45, 7) is 4.91. The first-order chi connectivity index (χ1) is 8.89. The summed E-state index contributed by atoms with van der Waals surface area (Å²) in [6.07, 6.45) is 0.248. The van der Waals surface area contributed by atoms with Crippen molar-refractivity contribution >= 4 is 5.91 Å². The average molecular weight is 271 g/mol. The Hall–Kier alpha value is -0.690. The first-order valence-electron chi connectivity index (χ1n) is 6.86. The number of likely N-dealkylation sites (N-methyl/N-ethyl adjacent to an activating group) is 1. The monoisotopic (exact) mass is 271 g/mol. The van der Waals surface area contributed by atoms with Gasteiger partial charge in [-0.1, -0.05) is 0 Å². The zero-order chi connectivity index (χ0) is 14.0. The summed E-state index contributed by atoms with van der Waals surface area (Å²) in [5, 5.41) is 12.9. The minimum absolute atomic E-state index is 0.0171. The number of amides is 1. The normalized spacial score (nSPS) is 29.6. The van der Waals surface area contributed by atoms with Gasteiger partial charge in [0, 0.05) is 32.2 Å². The van der Waals surface area contributed by atoms with E-state index in [4.69, 9.17) is 4.74 Å². The fraction of sp³-hybridized carbons (Fsp3) is 0.923. The maximum Gasteiger partial charge on any atom is 0.248 e. The summed E-state index contributed by atoms with van der Waals surface area (Å²) in [4.78, 5) is 16.0. The highest BCUT2D eigenvalue weighted by molar-refractivity contribution is 5.78. The van der Waals surface area contributed by atoms with Crippen molar-refractivity contribution in [1.29, 1.82) is 0 Å². The predicted octanol–water partition coefficient (Wildman–Crippen LogP) is -1.11. The highest BCUT2D eigenvalue weighted by atomic mass is 16.5. The van der Waals surface area contributed by atoms with Crippen LogP contribution in [0, 0.1) is 0 Å². The molecule has 2 atom stereocenters. The number of likely N-dealkylation sites (tertiary alicyclic amines) is 1. The van der Waals surface area contributed by atoms with E-state index in [1.807, 2.05) is 25.9 Å². The van der Waals surface area contributed by atoms with Crippen molar-refractivity contribution in [3.63, 3.8) is 0 Å². The van der Waals surface area contributed by atoms with E-state index in [0.29, 0.717) is 13.0 Å².